The van der Waals surface area contributed by atoms with Crippen LogP contribution in [0.1, 0.15) is 39.5 Å². The maximum absolute atomic E-state index is 11.9. The predicted octanol–water partition coefficient (Wildman–Crippen LogP) is 0.863. The predicted molar refractivity (Wildman–Crippen MR) is 76.3 cm³/mol. The fourth-order valence-corrected chi connectivity index (χ4v) is 1.48. The highest BCUT2D eigenvalue weighted by Gasteiger charge is 2.26. The molecule has 0 bridgehead atoms. The van der Waals surface area contributed by atoms with Gasteiger partial charge >= 0.3 is 11.9 Å². The fraction of sp³-hybridized carbons (Fsp3) is 0.643. The van der Waals surface area contributed by atoms with Crippen LogP contribution in [-0.4, -0.2) is 42.7 Å². The van der Waals surface area contributed by atoms with Gasteiger partial charge in [-0.15, -0.1) is 0 Å². The number of ether oxygens (including phenoxy) is 3. The van der Waals surface area contributed by atoms with Gasteiger partial charge in [0.25, 0.3) is 6.26 Å². The van der Waals surface area contributed by atoms with Gasteiger partial charge in [-0.3, -0.25) is 4.79 Å². The first-order valence-corrected chi connectivity index (χ1v) is 7.10. The monoisotopic (exact) mass is 339 g/mol. The summed E-state index contributed by atoms with van der Waals surface area (Å²) in [7, 11) is 0. The van der Waals surface area contributed by atoms with Gasteiger partial charge in [0, 0.05) is 25.7 Å². The van der Waals surface area contributed by atoms with E-state index in [0.29, 0.717) is 0 Å². The van der Waals surface area contributed by atoms with E-state index in [1.54, 1.807) is 13.8 Å². The molecule has 3 unspecified atom stereocenters. The molecule has 0 amide bonds. The number of carbonyl (C=O) groups is 2. The lowest BCUT2D eigenvalue weighted by Crippen LogP contribution is -2.29. The number of carbonyl (C=O) groups excluding carboxylic acids is 4. The fourth-order valence-electron chi connectivity index (χ4n) is 1.48. The average Bonchev–Trinajstić information content (AvgIpc) is 2.57. The lowest BCUT2D eigenvalue weighted by molar-refractivity contribution is -0.160. The van der Waals surface area contributed by atoms with Crippen molar-refractivity contribution in [3.8, 4) is 6.26 Å². The highest BCUT2D eigenvalue weighted by molar-refractivity contribution is 5.76. The number of nitriles is 1. The first-order chi connectivity index (χ1) is 11.5. The summed E-state index contributed by atoms with van der Waals surface area (Å²) >= 11 is 0. The molecule has 130 valence electrons. The lowest BCUT2D eigenvalue weighted by atomic mass is 10.2. The molecule has 0 spiro atoms. The maximum atomic E-state index is 11.9. The second-order valence-corrected chi connectivity index (χ2v) is 4.33. The summed E-state index contributed by atoms with van der Waals surface area (Å²) in [6.45, 7) is 3.27. The third-order valence-corrected chi connectivity index (χ3v) is 2.68. The second kappa shape index (κ2) is 12.5. The third-order valence-electron chi connectivity index (χ3n) is 2.68. The minimum atomic E-state index is -1.35. The van der Waals surface area contributed by atoms with E-state index >= 15 is 0 Å². The summed E-state index contributed by atoms with van der Waals surface area (Å²) in [6.07, 6.45) is 0.557. The van der Waals surface area contributed by atoms with Gasteiger partial charge < -0.3 is 14.2 Å². The normalized spacial score (nSPS) is 13.0. The molecule has 10 nitrogen and oxygen atoms in total. The minimum Gasteiger partial charge on any atom is -0.439 e. The van der Waals surface area contributed by atoms with Gasteiger partial charge in [-0.25, -0.2) is 14.4 Å². The number of esters is 2. The Kier molecular flexibility index (Phi) is 11.0. The van der Waals surface area contributed by atoms with Crippen LogP contribution in [0.25, 0.3) is 0 Å². The zero-order chi connectivity index (χ0) is 18.4. The Balaban J connectivity index is 4.64. The van der Waals surface area contributed by atoms with Gasteiger partial charge in [-0.2, -0.15) is 15.2 Å². The smallest absolute Gasteiger partial charge is 0.350 e. The summed E-state index contributed by atoms with van der Waals surface area (Å²) < 4.78 is 14.3. The van der Waals surface area contributed by atoms with Crippen LogP contribution in [0.15, 0.2) is 9.98 Å². The molecule has 10 heteroatoms. The number of aliphatic imine (C=N–C) groups is 2. The molecule has 0 rings (SSSR count). The highest BCUT2D eigenvalue weighted by Crippen LogP contribution is 2.11. The molecule has 0 aromatic rings. The minimum absolute atomic E-state index is 0.201. The first kappa shape index (κ1) is 21.0. The van der Waals surface area contributed by atoms with Crippen molar-refractivity contribution in [2.45, 2.75) is 58.1 Å². The van der Waals surface area contributed by atoms with Crippen molar-refractivity contribution in [1.82, 2.24) is 0 Å². The van der Waals surface area contributed by atoms with E-state index < -0.39 is 30.5 Å². The molecule has 0 fully saturated rings. The van der Waals surface area contributed by atoms with E-state index in [4.69, 9.17) is 14.7 Å². The van der Waals surface area contributed by atoms with Crippen molar-refractivity contribution in [3.63, 3.8) is 0 Å². The number of nitrogens with zero attached hydrogens (tertiary/aromatic N) is 3. The second-order valence-electron chi connectivity index (χ2n) is 4.33. The van der Waals surface area contributed by atoms with E-state index in [-0.39, 0.29) is 25.7 Å². The Morgan fingerprint density at radius 2 is 1.58 bits per heavy atom. The summed E-state index contributed by atoms with van der Waals surface area (Å²) in [5.41, 5.74) is 0. The van der Waals surface area contributed by atoms with Crippen molar-refractivity contribution >= 4 is 24.1 Å². The van der Waals surface area contributed by atoms with Crippen LogP contribution in [0.3, 0.4) is 0 Å². The Labute approximate surface area is 138 Å². The van der Waals surface area contributed by atoms with E-state index in [1.807, 2.05) is 0 Å². The SMILES string of the molecule is CCC(N=C=O)OC(=O)CCC(OC#N)C(=O)OC(CC)N=C=O. The van der Waals surface area contributed by atoms with Crippen LogP contribution in [-0.2, 0) is 33.4 Å². The van der Waals surface area contributed by atoms with E-state index in [9.17, 15) is 19.2 Å². The van der Waals surface area contributed by atoms with Crippen molar-refractivity contribution in [3.05, 3.63) is 0 Å². The molecule has 0 saturated heterocycles. The van der Waals surface area contributed by atoms with Crippen LogP contribution in [0.2, 0.25) is 0 Å². The standard InChI is InChI=1S/C14H17N3O7/c1-3-11(16-8-18)23-13(20)6-5-10(22-7-15)14(21)24-12(4-2)17-9-19/h10-12H,3-6H2,1-2H3. The number of hydrogen-bond acceptors (Lipinski definition) is 10. The number of rotatable bonds is 11. The van der Waals surface area contributed by atoms with Gasteiger partial charge in [0.1, 0.15) is 0 Å². The van der Waals surface area contributed by atoms with Gasteiger partial charge in [0.2, 0.25) is 30.7 Å². The Bertz CT molecular complexity index is 559. The average molecular weight is 339 g/mol. The molecular weight excluding hydrogens is 322 g/mol. The topological polar surface area (TPSA) is 144 Å². The molecule has 0 aliphatic rings. The molecule has 0 N–H and O–H groups in total. The van der Waals surface area contributed by atoms with Crippen molar-refractivity contribution < 1.29 is 33.4 Å². The Morgan fingerprint density at radius 3 is 2.04 bits per heavy atom. The first-order valence-electron chi connectivity index (χ1n) is 7.10. The molecule has 0 saturated carbocycles. The van der Waals surface area contributed by atoms with Crippen LogP contribution < -0.4 is 0 Å². The molecular formula is C14H17N3O7. The molecule has 0 aromatic heterocycles. The van der Waals surface area contributed by atoms with Gasteiger partial charge in [0.15, 0.2) is 0 Å². The largest absolute Gasteiger partial charge is 0.439 e. The molecule has 0 radical (unpaired) electrons. The van der Waals surface area contributed by atoms with Crippen molar-refractivity contribution in [1.29, 1.82) is 5.26 Å². The molecule has 3 atom stereocenters. The van der Waals surface area contributed by atoms with Crippen LogP contribution in [0.4, 0.5) is 0 Å². The molecule has 24 heavy (non-hydrogen) atoms. The zero-order valence-corrected chi connectivity index (χ0v) is 13.3. The number of hydrogen-bond donors (Lipinski definition) is 0. The van der Waals surface area contributed by atoms with Crippen molar-refractivity contribution in [2.24, 2.45) is 9.98 Å². The maximum Gasteiger partial charge on any atom is 0.350 e. The molecule has 0 aliphatic heterocycles. The highest BCUT2D eigenvalue weighted by atomic mass is 16.6. The number of isocyanates is 2. The van der Waals surface area contributed by atoms with Gasteiger partial charge in [-0.1, -0.05) is 13.8 Å². The third kappa shape index (κ3) is 8.44. The summed E-state index contributed by atoms with van der Waals surface area (Å²) in [4.78, 5) is 50.4. The van der Waals surface area contributed by atoms with E-state index in [1.165, 1.54) is 18.4 Å². The van der Waals surface area contributed by atoms with Gasteiger partial charge in [0.05, 0.1) is 0 Å². The summed E-state index contributed by atoms with van der Waals surface area (Å²) in [5.74, 6) is -1.69. The van der Waals surface area contributed by atoms with Crippen molar-refractivity contribution in [2.75, 3.05) is 0 Å². The molecule has 0 heterocycles. The zero-order valence-electron chi connectivity index (χ0n) is 13.3. The summed E-state index contributed by atoms with van der Waals surface area (Å²) in [6, 6.07) is 0. The lowest BCUT2D eigenvalue weighted by Gasteiger charge is -2.16. The van der Waals surface area contributed by atoms with E-state index in [0.717, 1.165) is 0 Å². The summed E-state index contributed by atoms with van der Waals surface area (Å²) in [5, 5.41) is 8.56. The van der Waals surface area contributed by atoms with Crippen LogP contribution >= 0.6 is 0 Å². The van der Waals surface area contributed by atoms with E-state index in [2.05, 4.69) is 14.7 Å². The molecule has 0 aliphatic carbocycles. The molecule has 0 aromatic carbocycles. The quantitative estimate of drug-likeness (QED) is 0.233. The van der Waals surface area contributed by atoms with Crippen LogP contribution in [0, 0.1) is 11.5 Å². The van der Waals surface area contributed by atoms with Gasteiger partial charge in [-0.05, 0) is 0 Å². The van der Waals surface area contributed by atoms with Crippen LogP contribution in [0.5, 0.6) is 0 Å². The Morgan fingerprint density at radius 1 is 1.04 bits per heavy atom. The Hall–Kier alpha value is -3.01.